The first kappa shape index (κ1) is 73.7. The Morgan fingerprint density at radius 3 is 1.65 bits per heavy atom. The zero-order chi connectivity index (χ0) is 66.8. The molecule has 0 radical (unpaired) electrons. The van der Waals surface area contributed by atoms with Crippen LogP contribution in [-0.4, -0.2) is 172 Å². The molecule has 24 N–H and O–H groups in total. The Bertz CT molecular complexity index is 3000. The highest BCUT2D eigenvalue weighted by Gasteiger charge is 2.38. The number of aromatic amines is 1. The number of nitrogens with one attached hydrogen (secondary N) is 8. The Morgan fingerprint density at radius 2 is 1.09 bits per heavy atom. The number of guanidine groups is 2. The normalized spacial score (nSPS) is 14.5. The second-order valence-corrected chi connectivity index (χ2v) is 22.7. The monoisotopic (exact) mass is 1250 g/mol. The molecule has 89 heavy (non-hydrogen) atoms. The number of nitrogens with zero attached hydrogens (tertiary/aromatic N) is 3. The number of aliphatic hydroxyl groups is 1. The minimum absolute atomic E-state index is 0.000199. The lowest BCUT2D eigenvalue weighted by Crippen LogP contribution is -2.62. The van der Waals surface area contributed by atoms with Crippen LogP contribution in [0.25, 0.3) is 10.9 Å². The lowest BCUT2D eigenvalue weighted by atomic mass is 9.97. The van der Waals surface area contributed by atoms with E-state index in [4.69, 9.17) is 40.1 Å². The van der Waals surface area contributed by atoms with Crippen LogP contribution in [0.2, 0.25) is 0 Å². The number of H-pyrrole nitrogens is 1. The fourth-order valence-corrected chi connectivity index (χ4v) is 9.58. The van der Waals surface area contributed by atoms with Gasteiger partial charge in [-0.3, -0.25) is 62.7 Å². The molecule has 10 atom stereocenters. The molecule has 0 saturated carbocycles. The van der Waals surface area contributed by atoms with Crippen molar-refractivity contribution in [3.05, 3.63) is 65.9 Å². The number of carbonyl (C=O) groups excluding carboxylic acids is 11. The van der Waals surface area contributed by atoms with E-state index in [0.717, 1.165) is 11.8 Å². The third kappa shape index (κ3) is 25.0. The number of carbonyl (C=O) groups is 11. The molecule has 0 aliphatic rings. The minimum atomic E-state index is -1.85. The van der Waals surface area contributed by atoms with E-state index in [-0.39, 0.29) is 75.2 Å². The number of primary amides is 3. The lowest BCUT2D eigenvalue weighted by Gasteiger charge is -2.32. The summed E-state index contributed by atoms with van der Waals surface area (Å²) in [7, 11) is 1.23. The summed E-state index contributed by atoms with van der Waals surface area (Å²) in [5, 5.41) is 39.5. The number of aliphatic imine (C=N–C) groups is 2. The molecule has 0 spiro atoms. The Kier molecular flexibility index (Phi) is 29.8. The number of rotatable bonds is 38. The second kappa shape index (κ2) is 35.9. The van der Waals surface area contributed by atoms with Crippen LogP contribution in [0.4, 0.5) is 0 Å². The predicted molar refractivity (Wildman–Crippen MR) is 330 cm³/mol. The zero-order valence-corrected chi connectivity index (χ0v) is 51.4. The van der Waals surface area contributed by atoms with Gasteiger partial charge in [0.2, 0.25) is 65.0 Å². The van der Waals surface area contributed by atoms with E-state index in [1.807, 2.05) is 13.8 Å². The van der Waals surface area contributed by atoms with E-state index < -0.39 is 151 Å². The van der Waals surface area contributed by atoms with Crippen LogP contribution in [0, 0.1) is 17.8 Å². The first-order chi connectivity index (χ1) is 41.8. The van der Waals surface area contributed by atoms with E-state index in [1.54, 1.807) is 51.2 Å². The van der Waals surface area contributed by atoms with Crippen molar-refractivity contribution in [2.24, 2.45) is 67.9 Å². The zero-order valence-electron chi connectivity index (χ0n) is 51.4. The quantitative estimate of drug-likeness (QED) is 0.0149. The van der Waals surface area contributed by atoms with Gasteiger partial charge in [0, 0.05) is 62.4 Å². The van der Waals surface area contributed by atoms with Crippen molar-refractivity contribution in [3.8, 4) is 5.75 Å². The van der Waals surface area contributed by atoms with Gasteiger partial charge in [-0.2, -0.15) is 0 Å². The van der Waals surface area contributed by atoms with Crippen molar-refractivity contribution < 1.29 is 63.0 Å². The van der Waals surface area contributed by atoms with Gasteiger partial charge in [-0.1, -0.05) is 65.0 Å². The van der Waals surface area contributed by atoms with Gasteiger partial charge in [0.05, 0.1) is 12.5 Å². The molecular formula is C58H90N18O13. The van der Waals surface area contributed by atoms with Gasteiger partial charge in [0.25, 0.3) is 0 Å². The molecule has 490 valence electrons. The van der Waals surface area contributed by atoms with E-state index in [1.165, 1.54) is 31.3 Å². The molecule has 31 nitrogen and oxygen atoms in total. The number of nitrogens with two attached hydrogens (primary N) is 7. The summed E-state index contributed by atoms with van der Waals surface area (Å²) in [6.07, 6.45) is -1.68. The maximum absolute atomic E-state index is 14.6. The third-order valence-electron chi connectivity index (χ3n) is 14.3. The Balaban J connectivity index is 1.99. The van der Waals surface area contributed by atoms with Gasteiger partial charge >= 0.3 is 0 Å². The summed E-state index contributed by atoms with van der Waals surface area (Å²) in [5.41, 5.74) is 40.6. The Hall–Kier alpha value is -9.55. The topological polar surface area (TPSA) is 538 Å². The molecule has 2 aromatic carbocycles. The summed E-state index contributed by atoms with van der Waals surface area (Å²) < 4.78 is 0. The van der Waals surface area contributed by atoms with Gasteiger partial charge in [-0.25, -0.2) is 0 Å². The van der Waals surface area contributed by atoms with Gasteiger partial charge in [0.1, 0.15) is 54.1 Å². The molecule has 31 heteroatoms. The molecular weight excluding hydrogens is 1160 g/mol. The summed E-state index contributed by atoms with van der Waals surface area (Å²) in [4.78, 5) is 163. The third-order valence-corrected chi connectivity index (χ3v) is 14.3. The van der Waals surface area contributed by atoms with Crippen LogP contribution in [0.5, 0.6) is 5.75 Å². The highest BCUT2D eigenvalue weighted by molar-refractivity contribution is 5.99. The van der Waals surface area contributed by atoms with Crippen LogP contribution in [0.3, 0.4) is 0 Å². The maximum Gasteiger partial charge on any atom is 0.245 e. The molecule has 0 aliphatic heterocycles. The first-order valence-corrected chi connectivity index (χ1v) is 29.2. The fourth-order valence-electron chi connectivity index (χ4n) is 9.58. The van der Waals surface area contributed by atoms with Crippen molar-refractivity contribution in [1.82, 2.24) is 47.1 Å². The molecule has 11 amide bonds. The number of fused-ring (bicyclic) bond motifs is 1. The van der Waals surface area contributed by atoms with Crippen molar-refractivity contribution in [1.29, 1.82) is 0 Å². The number of likely N-dealkylation sites (N-methyl/N-ethyl adjacent to an activating group) is 1. The SMILES string of the molecule is CC(C)C[C@H](C)C(=O)N[C@@H](CC(N)=O)C(=O)N[C@@H](Cc1c[nH]c2ccccc12)C(=O)N[C@H](C(=O)N[C@H](C(=O)N[C@@H](CCCN=C(N)N)C(=O)N[C@@H](CCC(N)=O)C(=O)N(C)[C@@H](CCCN=C(N)N)C(=O)N[C@@H](Cc1ccc(O)cc1)C(N)=O)[C@@H](C)O)C(C)C. The number of benzene rings is 2. The number of aliphatic hydroxyl groups excluding tert-OH is 1. The molecule has 1 heterocycles. The largest absolute Gasteiger partial charge is 0.508 e. The number of hydrogen-bond donors (Lipinski definition) is 17. The second-order valence-electron chi connectivity index (χ2n) is 22.7. The van der Waals surface area contributed by atoms with Crippen molar-refractivity contribution in [2.45, 2.75) is 160 Å². The molecule has 0 bridgehead atoms. The van der Waals surface area contributed by atoms with E-state index in [9.17, 15) is 63.0 Å². The van der Waals surface area contributed by atoms with Crippen molar-refractivity contribution in [3.63, 3.8) is 0 Å². The Labute approximate surface area is 516 Å². The molecule has 1 aromatic heterocycles. The smallest absolute Gasteiger partial charge is 0.245 e. The van der Waals surface area contributed by atoms with Crippen molar-refractivity contribution >= 4 is 87.8 Å². The fraction of sp³-hybridized carbons (Fsp3) is 0.534. The first-order valence-electron chi connectivity index (χ1n) is 29.2. The van der Waals surface area contributed by atoms with Gasteiger partial charge < -0.3 is 97.5 Å². The summed E-state index contributed by atoms with van der Waals surface area (Å²) in [5.74, 6) is -11.9. The van der Waals surface area contributed by atoms with Gasteiger partial charge in [-0.15, -0.1) is 0 Å². The number of aromatic hydroxyl groups is 1. The Morgan fingerprint density at radius 1 is 0.562 bits per heavy atom. The van der Waals surface area contributed by atoms with Crippen LogP contribution in [-0.2, 0) is 65.6 Å². The number of para-hydroxylation sites is 1. The van der Waals surface area contributed by atoms with Crippen LogP contribution in [0.1, 0.15) is 104 Å². The van der Waals surface area contributed by atoms with E-state index in [0.29, 0.717) is 28.5 Å². The summed E-state index contributed by atoms with van der Waals surface area (Å²) >= 11 is 0. The molecule has 3 rings (SSSR count). The number of aromatic nitrogens is 1. The molecule has 0 aliphatic carbocycles. The molecule has 0 unspecified atom stereocenters. The average molecular weight is 1250 g/mol. The van der Waals surface area contributed by atoms with Gasteiger partial charge in [0.15, 0.2) is 11.9 Å². The number of amides is 11. The predicted octanol–water partition coefficient (Wildman–Crippen LogP) is -3.67. The number of phenols is 1. The molecule has 3 aromatic rings. The van der Waals surface area contributed by atoms with Gasteiger partial charge in [-0.05, 0) is 86.6 Å². The number of phenolic OH excluding ortho intramolecular Hbond substituents is 1. The number of hydrogen-bond acceptors (Lipinski definition) is 15. The van der Waals surface area contributed by atoms with Crippen LogP contribution >= 0.6 is 0 Å². The maximum atomic E-state index is 14.6. The summed E-state index contributed by atoms with van der Waals surface area (Å²) in [6.45, 7) is 9.70. The molecule has 0 fully saturated rings. The summed E-state index contributed by atoms with van der Waals surface area (Å²) in [6, 6.07) is 0.630. The van der Waals surface area contributed by atoms with Crippen LogP contribution < -0.4 is 77.4 Å². The van der Waals surface area contributed by atoms with Crippen LogP contribution in [0.15, 0.2) is 64.7 Å². The standard InChI is InChI=1S/C58H90N18O13/c1-29(2)24-31(5)49(82)72-42(27-45(60)80)51(84)73-41(26-34-28-68-37-13-9-8-12-36(34)37)52(85)74-46(30(3)4)54(87)75-47(32(6)77)55(88)69-38(14-10-22-66-57(62)63)50(83)70-39(20-21-44(59)79)56(89)76(7)43(15-11-23-67-58(64)65)53(86)71-40(48(61)81)25-33-16-18-35(78)19-17-33/h8-9,12-13,16-19,28-32,38-43,46-47,68,77-78H,10-11,14-15,20-27H2,1-7H3,(H2,59,79)(H2,60,80)(H2,61,81)(H,69,88)(H,70,83)(H,71,86)(H,72,82)(H,73,84)(H,74,85)(H,75,87)(H4,62,63,66)(H4,64,65,67)/t31-,32+,38-,39-,40-,41-,42-,43-,46-,47-/m0/s1. The molecule has 0 saturated heterocycles. The minimum Gasteiger partial charge on any atom is -0.508 e. The average Bonchev–Trinajstić information content (AvgIpc) is 2.03. The lowest BCUT2D eigenvalue weighted by molar-refractivity contribution is -0.143. The van der Waals surface area contributed by atoms with Crippen molar-refractivity contribution in [2.75, 3.05) is 20.1 Å². The van der Waals surface area contributed by atoms with E-state index >= 15 is 0 Å². The highest BCUT2D eigenvalue weighted by atomic mass is 16.3. The van der Waals surface area contributed by atoms with E-state index in [2.05, 4.69) is 52.2 Å². The highest BCUT2D eigenvalue weighted by Crippen LogP contribution is 2.21.